The molecule has 0 aromatic heterocycles. The van der Waals surface area contributed by atoms with Gasteiger partial charge in [-0.3, -0.25) is 4.90 Å². The molecule has 1 aliphatic heterocycles. The predicted octanol–water partition coefficient (Wildman–Crippen LogP) is 2.52. The van der Waals surface area contributed by atoms with Crippen LogP contribution < -0.4 is 0 Å². The Labute approximate surface area is 120 Å². The first kappa shape index (κ1) is 13.3. The zero-order valence-corrected chi connectivity index (χ0v) is 11.7. The number of aliphatic hydroxyl groups excluding tert-OH is 1. The van der Waals surface area contributed by atoms with Crippen LogP contribution in [0.1, 0.15) is 11.1 Å². The van der Waals surface area contributed by atoms with Crippen molar-refractivity contribution in [1.29, 1.82) is 0 Å². The van der Waals surface area contributed by atoms with Crippen molar-refractivity contribution in [1.82, 2.24) is 4.90 Å². The normalized spacial score (nSPS) is 22.4. The van der Waals surface area contributed by atoms with Gasteiger partial charge in [0.2, 0.25) is 0 Å². The maximum absolute atomic E-state index is 10.3. The minimum Gasteiger partial charge on any atom is -0.391 e. The Bertz CT molecular complexity index is 526. The highest BCUT2D eigenvalue weighted by atomic mass is 16.3. The maximum atomic E-state index is 10.3. The molecule has 0 spiro atoms. The summed E-state index contributed by atoms with van der Waals surface area (Å²) in [6.45, 7) is 2.07. The molecule has 1 saturated heterocycles. The van der Waals surface area contributed by atoms with Crippen molar-refractivity contribution >= 4 is 0 Å². The summed E-state index contributed by atoms with van der Waals surface area (Å²) >= 11 is 0. The van der Waals surface area contributed by atoms with E-state index < -0.39 is 0 Å². The van der Waals surface area contributed by atoms with Crippen molar-refractivity contribution in [2.24, 2.45) is 0 Å². The molecular formula is C18H21NO. The Balaban J connectivity index is 1.44. The van der Waals surface area contributed by atoms with E-state index >= 15 is 0 Å². The highest BCUT2D eigenvalue weighted by molar-refractivity contribution is 5.18. The molecule has 104 valence electrons. The molecule has 2 aromatic carbocycles. The molecule has 0 amide bonds. The number of benzene rings is 2. The van der Waals surface area contributed by atoms with Gasteiger partial charge in [-0.05, 0) is 24.0 Å². The van der Waals surface area contributed by atoms with Gasteiger partial charge in [0, 0.05) is 19.1 Å². The molecule has 0 radical (unpaired) electrons. The average Bonchev–Trinajstić information content (AvgIpc) is 3.27. The van der Waals surface area contributed by atoms with Gasteiger partial charge in [0.05, 0.1) is 6.10 Å². The molecule has 1 heterocycles. The summed E-state index contributed by atoms with van der Waals surface area (Å²) in [6, 6.07) is 21.1. The van der Waals surface area contributed by atoms with E-state index in [2.05, 4.69) is 41.3 Å². The molecule has 0 aliphatic carbocycles. The largest absolute Gasteiger partial charge is 0.391 e. The molecular weight excluding hydrogens is 246 g/mol. The lowest BCUT2D eigenvalue weighted by Gasteiger charge is -2.11. The third-order valence-electron chi connectivity index (χ3n) is 4.02. The summed E-state index contributed by atoms with van der Waals surface area (Å²) in [4.78, 5) is 2.36. The third kappa shape index (κ3) is 3.47. The van der Waals surface area contributed by atoms with Gasteiger partial charge in [0.25, 0.3) is 0 Å². The van der Waals surface area contributed by atoms with Crippen LogP contribution in [0.5, 0.6) is 0 Å². The number of aliphatic hydroxyl groups is 1. The predicted molar refractivity (Wildman–Crippen MR) is 81.7 cm³/mol. The molecule has 1 N–H and O–H groups in total. The van der Waals surface area contributed by atoms with Gasteiger partial charge in [-0.2, -0.15) is 0 Å². The van der Waals surface area contributed by atoms with Gasteiger partial charge in [-0.15, -0.1) is 0 Å². The third-order valence-corrected chi connectivity index (χ3v) is 4.02. The van der Waals surface area contributed by atoms with Gasteiger partial charge in [0.1, 0.15) is 0 Å². The molecule has 1 fully saturated rings. The van der Waals surface area contributed by atoms with E-state index in [1.807, 2.05) is 24.3 Å². The second kappa shape index (κ2) is 6.21. The lowest BCUT2D eigenvalue weighted by atomic mass is 10.1. The number of hydrogen-bond donors (Lipinski definition) is 1. The van der Waals surface area contributed by atoms with Crippen molar-refractivity contribution in [3.05, 3.63) is 71.8 Å². The fourth-order valence-corrected chi connectivity index (χ4v) is 2.72. The van der Waals surface area contributed by atoms with Gasteiger partial charge < -0.3 is 5.11 Å². The van der Waals surface area contributed by atoms with Crippen molar-refractivity contribution < 1.29 is 5.11 Å². The van der Waals surface area contributed by atoms with E-state index in [0.717, 1.165) is 25.9 Å². The van der Waals surface area contributed by atoms with Crippen molar-refractivity contribution in [3.8, 4) is 0 Å². The first-order valence-electron chi connectivity index (χ1n) is 7.33. The fourth-order valence-electron chi connectivity index (χ4n) is 2.72. The lowest BCUT2D eigenvalue weighted by molar-refractivity contribution is 0.156. The zero-order valence-electron chi connectivity index (χ0n) is 11.7. The van der Waals surface area contributed by atoms with E-state index in [0.29, 0.717) is 6.04 Å². The van der Waals surface area contributed by atoms with Crippen LogP contribution in [0.2, 0.25) is 0 Å². The van der Waals surface area contributed by atoms with Crippen LogP contribution in [0.25, 0.3) is 0 Å². The molecule has 2 aromatic rings. The molecule has 3 atom stereocenters. The summed E-state index contributed by atoms with van der Waals surface area (Å²) in [5.41, 5.74) is 2.59. The summed E-state index contributed by atoms with van der Waals surface area (Å²) in [5.74, 6) is 0. The molecule has 3 unspecified atom stereocenters. The number of hydrogen-bond acceptors (Lipinski definition) is 2. The molecule has 2 nitrogen and oxygen atoms in total. The number of rotatable bonds is 6. The highest BCUT2D eigenvalue weighted by Gasteiger charge is 2.38. The Morgan fingerprint density at radius 3 is 2.20 bits per heavy atom. The zero-order chi connectivity index (χ0) is 13.8. The van der Waals surface area contributed by atoms with Crippen molar-refractivity contribution in [2.45, 2.75) is 25.0 Å². The first-order chi connectivity index (χ1) is 9.83. The maximum Gasteiger partial charge on any atom is 0.0748 e. The second-order valence-electron chi connectivity index (χ2n) is 5.55. The van der Waals surface area contributed by atoms with E-state index in [9.17, 15) is 5.11 Å². The minimum absolute atomic E-state index is 0.242. The van der Waals surface area contributed by atoms with Crippen LogP contribution in [-0.2, 0) is 12.8 Å². The van der Waals surface area contributed by atoms with Crippen LogP contribution in [0.3, 0.4) is 0 Å². The van der Waals surface area contributed by atoms with Gasteiger partial charge >= 0.3 is 0 Å². The van der Waals surface area contributed by atoms with E-state index in [4.69, 9.17) is 0 Å². The van der Waals surface area contributed by atoms with Crippen molar-refractivity contribution in [2.75, 3.05) is 13.1 Å². The van der Waals surface area contributed by atoms with Gasteiger partial charge in [0.15, 0.2) is 0 Å². The fraction of sp³-hybridized carbons (Fsp3) is 0.333. The summed E-state index contributed by atoms with van der Waals surface area (Å²) in [5, 5.41) is 10.3. The van der Waals surface area contributed by atoms with Crippen LogP contribution in [-0.4, -0.2) is 35.2 Å². The molecule has 0 saturated carbocycles. The minimum atomic E-state index is -0.242. The van der Waals surface area contributed by atoms with E-state index in [-0.39, 0.29) is 6.10 Å². The quantitative estimate of drug-likeness (QED) is 0.813. The Morgan fingerprint density at radius 1 is 0.950 bits per heavy atom. The standard InChI is InChI=1S/C18H21NO/c20-18(13-16-9-5-2-6-10-16)17-14-19(17)12-11-15-7-3-1-4-8-15/h1-10,17-18,20H,11-14H2. The summed E-state index contributed by atoms with van der Waals surface area (Å²) < 4.78 is 0. The van der Waals surface area contributed by atoms with Crippen LogP contribution in [0.15, 0.2) is 60.7 Å². The average molecular weight is 267 g/mol. The summed E-state index contributed by atoms with van der Waals surface area (Å²) in [6.07, 6.45) is 1.58. The molecule has 1 aliphatic rings. The lowest BCUT2D eigenvalue weighted by Crippen LogP contribution is -2.22. The Kier molecular flexibility index (Phi) is 4.14. The summed E-state index contributed by atoms with van der Waals surface area (Å²) in [7, 11) is 0. The molecule has 0 bridgehead atoms. The van der Waals surface area contributed by atoms with Crippen LogP contribution in [0, 0.1) is 0 Å². The number of nitrogens with zero attached hydrogens (tertiary/aromatic N) is 1. The van der Waals surface area contributed by atoms with Crippen LogP contribution in [0.4, 0.5) is 0 Å². The molecule has 3 rings (SSSR count). The Hall–Kier alpha value is -1.64. The van der Waals surface area contributed by atoms with E-state index in [1.165, 1.54) is 11.1 Å². The molecule has 2 heteroatoms. The van der Waals surface area contributed by atoms with Gasteiger partial charge in [-0.25, -0.2) is 0 Å². The van der Waals surface area contributed by atoms with Crippen molar-refractivity contribution in [3.63, 3.8) is 0 Å². The Morgan fingerprint density at radius 2 is 1.55 bits per heavy atom. The topological polar surface area (TPSA) is 23.2 Å². The molecule has 20 heavy (non-hydrogen) atoms. The monoisotopic (exact) mass is 267 g/mol. The smallest absolute Gasteiger partial charge is 0.0748 e. The first-order valence-corrected chi connectivity index (χ1v) is 7.33. The van der Waals surface area contributed by atoms with Gasteiger partial charge in [-0.1, -0.05) is 60.7 Å². The SMILES string of the molecule is OC(Cc1ccccc1)C1CN1CCc1ccccc1. The van der Waals surface area contributed by atoms with Crippen LogP contribution >= 0.6 is 0 Å². The van der Waals surface area contributed by atoms with E-state index in [1.54, 1.807) is 0 Å². The second-order valence-corrected chi connectivity index (χ2v) is 5.55. The highest BCUT2D eigenvalue weighted by Crippen LogP contribution is 2.23.